The van der Waals surface area contributed by atoms with Crippen LogP contribution in [-0.4, -0.2) is 6.03 Å². The number of benzene rings is 1. The van der Waals surface area contributed by atoms with Crippen molar-refractivity contribution in [3.05, 3.63) is 35.9 Å². The molecule has 4 nitrogen and oxygen atoms in total. The van der Waals surface area contributed by atoms with Gasteiger partial charge in [-0.15, -0.1) is 0 Å². The average Bonchev–Trinajstić information content (AvgIpc) is 2.19. The summed E-state index contributed by atoms with van der Waals surface area (Å²) in [5, 5.41) is 0. The van der Waals surface area contributed by atoms with Crippen LogP contribution in [0.5, 0.6) is 0 Å². The smallest absolute Gasteiger partial charge is 0.267 e. The molecule has 0 aliphatic rings. The number of hydrogen-bond donors (Lipinski definition) is 2. The number of urea groups is 1. The number of carbonyl (C=O) groups excluding carboxylic acids is 1. The van der Waals surface area contributed by atoms with Crippen LogP contribution in [0.15, 0.2) is 30.3 Å². The molecule has 0 fully saturated rings. The SMILES string of the molecule is O=C(NCl)NOCc1ccccc1. The van der Waals surface area contributed by atoms with Crippen LogP contribution in [0.25, 0.3) is 0 Å². The number of amides is 2. The predicted octanol–water partition coefficient (Wildman–Crippen LogP) is 1.57. The van der Waals surface area contributed by atoms with Crippen molar-refractivity contribution in [2.24, 2.45) is 0 Å². The molecule has 0 heterocycles. The number of nitrogens with one attached hydrogen (secondary N) is 2. The van der Waals surface area contributed by atoms with Gasteiger partial charge in [-0.05, 0) is 5.56 Å². The number of hydroxylamine groups is 1. The van der Waals surface area contributed by atoms with Crippen molar-refractivity contribution in [2.45, 2.75) is 6.61 Å². The highest BCUT2D eigenvalue weighted by molar-refractivity contribution is 6.20. The van der Waals surface area contributed by atoms with E-state index in [1.54, 1.807) is 0 Å². The van der Waals surface area contributed by atoms with E-state index in [2.05, 4.69) is 5.48 Å². The van der Waals surface area contributed by atoms with Crippen LogP contribution in [0.2, 0.25) is 0 Å². The van der Waals surface area contributed by atoms with Gasteiger partial charge in [0.1, 0.15) is 0 Å². The Morgan fingerprint density at radius 1 is 1.38 bits per heavy atom. The third-order valence-electron chi connectivity index (χ3n) is 1.33. The molecule has 1 aromatic rings. The molecule has 0 aromatic heterocycles. The topological polar surface area (TPSA) is 50.4 Å². The predicted molar refractivity (Wildman–Crippen MR) is 48.8 cm³/mol. The lowest BCUT2D eigenvalue weighted by Crippen LogP contribution is -2.29. The summed E-state index contributed by atoms with van der Waals surface area (Å²) in [6.45, 7) is 0.311. The maximum Gasteiger partial charge on any atom is 0.353 e. The Kier molecular flexibility index (Phi) is 4.08. The van der Waals surface area contributed by atoms with Crippen LogP contribution in [0, 0.1) is 0 Å². The van der Waals surface area contributed by atoms with Crippen molar-refractivity contribution < 1.29 is 9.63 Å². The molecule has 5 heteroatoms. The number of hydrogen-bond acceptors (Lipinski definition) is 2. The van der Waals surface area contributed by atoms with Crippen LogP contribution >= 0.6 is 11.8 Å². The van der Waals surface area contributed by atoms with Gasteiger partial charge >= 0.3 is 6.03 Å². The van der Waals surface area contributed by atoms with Crippen molar-refractivity contribution >= 4 is 17.8 Å². The van der Waals surface area contributed by atoms with E-state index in [-0.39, 0.29) is 0 Å². The Morgan fingerprint density at radius 2 is 2.08 bits per heavy atom. The van der Waals surface area contributed by atoms with E-state index >= 15 is 0 Å². The van der Waals surface area contributed by atoms with Crippen LogP contribution in [0.1, 0.15) is 5.56 Å². The number of carbonyl (C=O) groups is 1. The molecular weight excluding hydrogens is 192 g/mol. The molecule has 0 aliphatic carbocycles. The van der Waals surface area contributed by atoms with Gasteiger partial charge in [0.05, 0.1) is 6.61 Å². The molecule has 0 unspecified atom stereocenters. The van der Waals surface area contributed by atoms with Crippen molar-refractivity contribution in [3.8, 4) is 0 Å². The van der Waals surface area contributed by atoms with Gasteiger partial charge in [-0.2, -0.15) is 0 Å². The van der Waals surface area contributed by atoms with Crippen molar-refractivity contribution in [3.63, 3.8) is 0 Å². The molecule has 2 N–H and O–H groups in total. The normalized spacial score (nSPS) is 9.31. The molecule has 70 valence electrons. The Morgan fingerprint density at radius 3 is 2.69 bits per heavy atom. The molecule has 0 aliphatic heterocycles. The zero-order valence-corrected chi connectivity index (χ0v) is 7.54. The summed E-state index contributed by atoms with van der Waals surface area (Å²) in [5.74, 6) is 0. The second-order valence-electron chi connectivity index (χ2n) is 2.30. The summed E-state index contributed by atoms with van der Waals surface area (Å²) >= 11 is 4.99. The van der Waals surface area contributed by atoms with E-state index in [0.29, 0.717) is 6.61 Å². The minimum atomic E-state index is -0.586. The fourth-order valence-corrected chi connectivity index (χ4v) is 0.817. The first kappa shape index (κ1) is 9.83. The molecule has 1 rings (SSSR count). The summed E-state index contributed by atoms with van der Waals surface area (Å²) in [7, 11) is 0. The Balaban J connectivity index is 2.24. The Bertz CT molecular complexity index is 266. The van der Waals surface area contributed by atoms with Crippen molar-refractivity contribution in [1.82, 2.24) is 10.3 Å². The second-order valence-corrected chi connectivity index (χ2v) is 2.49. The van der Waals surface area contributed by atoms with Crippen LogP contribution in [0.4, 0.5) is 4.79 Å². The molecule has 1 aromatic carbocycles. The highest BCUT2D eigenvalue weighted by atomic mass is 35.5. The van der Waals surface area contributed by atoms with Gasteiger partial charge in [-0.3, -0.25) is 4.84 Å². The maximum atomic E-state index is 10.5. The van der Waals surface area contributed by atoms with E-state index in [1.807, 2.05) is 35.2 Å². The molecule has 13 heavy (non-hydrogen) atoms. The quantitative estimate of drug-likeness (QED) is 0.575. The molecule has 0 saturated carbocycles. The molecule has 0 bridgehead atoms. The summed E-state index contributed by atoms with van der Waals surface area (Å²) < 4.78 is 0. The Labute approximate surface area is 80.9 Å². The van der Waals surface area contributed by atoms with Crippen LogP contribution in [0.3, 0.4) is 0 Å². The number of halogens is 1. The fourth-order valence-electron chi connectivity index (χ4n) is 0.778. The van der Waals surface area contributed by atoms with E-state index < -0.39 is 6.03 Å². The van der Waals surface area contributed by atoms with Gasteiger partial charge in [0.25, 0.3) is 0 Å². The first-order chi connectivity index (χ1) is 6.33. The molecular formula is C8H9ClN2O2. The summed E-state index contributed by atoms with van der Waals surface area (Å²) in [4.78, 5) is 17.2. The highest BCUT2D eigenvalue weighted by Gasteiger charge is 1.96. The summed E-state index contributed by atoms with van der Waals surface area (Å²) in [6, 6.07) is 8.88. The van der Waals surface area contributed by atoms with Gasteiger partial charge in [-0.25, -0.2) is 15.1 Å². The van der Waals surface area contributed by atoms with E-state index in [4.69, 9.17) is 16.6 Å². The molecule has 2 amide bonds. The zero-order chi connectivity index (χ0) is 9.52. The van der Waals surface area contributed by atoms with E-state index in [0.717, 1.165) is 5.56 Å². The second kappa shape index (κ2) is 5.40. The zero-order valence-electron chi connectivity index (χ0n) is 6.79. The highest BCUT2D eigenvalue weighted by Crippen LogP contribution is 1.98. The van der Waals surface area contributed by atoms with Crippen LogP contribution < -0.4 is 10.3 Å². The first-order valence-electron chi connectivity index (χ1n) is 3.65. The standard InChI is InChI=1S/C8H9ClN2O2/c9-10-8(12)11-13-6-7-4-2-1-3-5-7/h1-5H,6H2,(H2,10,11,12). The lowest BCUT2D eigenvalue weighted by atomic mass is 10.2. The van der Waals surface area contributed by atoms with Gasteiger partial charge in [0, 0.05) is 11.8 Å². The lowest BCUT2D eigenvalue weighted by Gasteiger charge is -2.03. The van der Waals surface area contributed by atoms with Gasteiger partial charge < -0.3 is 0 Å². The minimum Gasteiger partial charge on any atom is -0.267 e. The molecule has 0 radical (unpaired) electrons. The lowest BCUT2D eigenvalue weighted by molar-refractivity contribution is 0.0509. The van der Waals surface area contributed by atoms with E-state index in [1.165, 1.54) is 0 Å². The molecule has 0 spiro atoms. The van der Waals surface area contributed by atoms with Crippen molar-refractivity contribution in [2.75, 3.05) is 0 Å². The van der Waals surface area contributed by atoms with Gasteiger partial charge in [-0.1, -0.05) is 30.3 Å². The molecule has 0 saturated heterocycles. The number of rotatable bonds is 3. The van der Waals surface area contributed by atoms with Crippen LogP contribution in [-0.2, 0) is 11.4 Å². The summed E-state index contributed by atoms with van der Waals surface area (Å²) in [6.07, 6.45) is 0. The van der Waals surface area contributed by atoms with E-state index in [9.17, 15) is 4.79 Å². The monoisotopic (exact) mass is 200 g/mol. The fraction of sp³-hybridized carbons (Fsp3) is 0.125. The van der Waals surface area contributed by atoms with Gasteiger partial charge in [0.2, 0.25) is 0 Å². The maximum absolute atomic E-state index is 10.5. The molecule has 0 atom stereocenters. The average molecular weight is 201 g/mol. The first-order valence-corrected chi connectivity index (χ1v) is 4.03. The van der Waals surface area contributed by atoms with Crippen molar-refractivity contribution in [1.29, 1.82) is 0 Å². The minimum absolute atomic E-state index is 0.311. The summed E-state index contributed by atoms with van der Waals surface area (Å²) in [5.41, 5.74) is 3.07. The third-order valence-corrected chi connectivity index (χ3v) is 1.50. The van der Waals surface area contributed by atoms with Gasteiger partial charge in [0.15, 0.2) is 0 Å². The Hall–Kier alpha value is -1.26. The largest absolute Gasteiger partial charge is 0.353 e. The third kappa shape index (κ3) is 3.78.